The van der Waals surface area contributed by atoms with E-state index in [0.717, 1.165) is 58.8 Å². The van der Waals surface area contributed by atoms with E-state index >= 15 is 0 Å². The fourth-order valence-electron chi connectivity index (χ4n) is 4.35. The van der Waals surface area contributed by atoms with Crippen molar-refractivity contribution in [3.05, 3.63) is 39.9 Å². The third kappa shape index (κ3) is 5.33. The molecule has 2 N–H and O–H groups in total. The molecule has 0 radical (unpaired) electrons. The molecule has 0 amide bonds. The van der Waals surface area contributed by atoms with Crippen molar-refractivity contribution in [2.24, 2.45) is 11.8 Å². The van der Waals surface area contributed by atoms with Crippen LogP contribution >= 0.6 is 11.6 Å². The van der Waals surface area contributed by atoms with Crippen molar-refractivity contribution in [3.8, 4) is 5.75 Å². The zero-order valence-electron chi connectivity index (χ0n) is 20.2. The van der Waals surface area contributed by atoms with Crippen LogP contribution in [0, 0.1) is 25.7 Å². The largest absolute Gasteiger partial charge is 0.496 e. The normalized spacial score (nSPS) is 12.0. The molecule has 0 aliphatic carbocycles. The van der Waals surface area contributed by atoms with Gasteiger partial charge in [-0.3, -0.25) is 9.88 Å². The van der Waals surface area contributed by atoms with Gasteiger partial charge in [-0.05, 0) is 31.2 Å². The van der Waals surface area contributed by atoms with E-state index in [1.807, 2.05) is 20.0 Å². The Balaban J connectivity index is 2.07. The average molecular weight is 459 g/mol. The van der Waals surface area contributed by atoms with Crippen molar-refractivity contribution in [2.75, 3.05) is 25.9 Å². The maximum atomic E-state index is 6.58. The lowest BCUT2D eigenvalue weighted by atomic mass is 10.1. The number of hydrogen-bond acceptors (Lipinski definition) is 6. The number of ether oxygens (including phenoxy) is 1. The van der Waals surface area contributed by atoms with Gasteiger partial charge in [0, 0.05) is 43.2 Å². The van der Waals surface area contributed by atoms with E-state index < -0.39 is 0 Å². The van der Waals surface area contributed by atoms with Crippen LogP contribution in [0.15, 0.2) is 12.4 Å². The summed E-state index contributed by atoms with van der Waals surface area (Å²) >= 11 is 6.58. The van der Waals surface area contributed by atoms with E-state index in [1.165, 1.54) is 0 Å². The molecule has 0 aliphatic heterocycles. The molecule has 0 spiro atoms. The molecular formula is C24H35ClN6O. The van der Waals surface area contributed by atoms with Gasteiger partial charge in [0.2, 0.25) is 5.95 Å². The first-order chi connectivity index (χ1) is 15.1. The van der Waals surface area contributed by atoms with Crippen molar-refractivity contribution >= 4 is 28.6 Å². The molecule has 0 atom stereocenters. The third-order valence-corrected chi connectivity index (χ3v) is 5.75. The van der Waals surface area contributed by atoms with Gasteiger partial charge in [0.05, 0.1) is 24.7 Å². The lowest BCUT2D eigenvalue weighted by Gasteiger charge is -2.25. The molecule has 0 bridgehead atoms. The topological polar surface area (TPSA) is 82.1 Å². The van der Waals surface area contributed by atoms with Gasteiger partial charge in [0.15, 0.2) is 0 Å². The van der Waals surface area contributed by atoms with Crippen molar-refractivity contribution in [3.63, 3.8) is 0 Å². The first-order valence-corrected chi connectivity index (χ1v) is 11.5. The zero-order valence-corrected chi connectivity index (χ0v) is 21.0. The summed E-state index contributed by atoms with van der Waals surface area (Å²) in [6.45, 7) is 16.3. The minimum absolute atomic E-state index is 0.167. The molecule has 0 saturated carbocycles. The lowest BCUT2D eigenvalue weighted by Crippen LogP contribution is -2.30. The van der Waals surface area contributed by atoms with E-state index in [2.05, 4.69) is 58.3 Å². The summed E-state index contributed by atoms with van der Waals surface area (Å²) in [4.78, 5) is 15.9. The minimum Gasteiger partial charge on any atom is -0.496 e. The van der Waals surface area contributed by atoms with E-state index in [0.29, 0.717) is 23.5 Å². The number of rotatable bonds is 9. The fraction of sp³-hybridized carbons (Fsp3) is 0.542. The Morgan fingerprint density at radius 3 is 2.38 bits per heavy atom. The summed E-state index contributed by atoms with van der Waals surface area (Å²) in [6, 6.07) is 0. The molecule has 0 fully saturated rings. The lowest BCUT2D eigenvalue weighted by molar-refractivity contribution is 0.212. The predicted octanol–water partition coefficient (Wildman–Crippen LogP) is 4.85. The number of anilines is 1. The second-order valence-electron chi connectivity index (χ2n) is 9.38. The molecular weight excluding hydrogens is 424 g/mol. The van der Waals surface area contributed by atoms with Gasteiger partial charge in [-0.1, -0.05) is 39.3 Å². The Hall–Kier alpha value is -2.38. The molecule has 3 rings (SSSR count). The smallest absolute Gasteiger partial charge is 0.223 e. The summed E-state index contributed by atoms with van der Waals surface area (Å²) in [5, 5.41) is 1.25. The second-order valence-corrected chi connectivity index (χ2v) is 9.74. The maximum absolute atomic E-state index is 6.58. The van der Waals surface area contributed by atoms with Crippen LogP contribution in [0.5, 0.6) is 5.75 Å². The number of methoxy groups -OCH3 is 1. The van der Waals surface area contributed by atoms with E-state index in [4.69, 9.17) is 22.1 Å². The molecule has 0 unspecified atom stereocenters. The van der Waals surface area contributed by atoms with E-state index in [9.17, 15) is 0 Å². The maximum Gasteiger partial charge on any atom is 0.223 e. The first kappa shape index (κ1) is 24.3. The van der Waals surface area contributed by atoms with Crippen LogP contribution in [0.4, 0.5) is 5.95 Å². The van der Waals surface area contributed by atoms with Gasteiger partial charge >= 0.3 is 0 Å². The number of aromatic nitrogens is 4. The number of pyridine rings is 1. The van der Waals surface area contributed by atoms with Crippen molar-refractivity contribution < 1.29 is 4.74 Å². The number of hydrogen-bond donors (Lipinski definition) is 1. The number of nitrogens with two attached hydrogens (primary N) is 1. The number of aryl methyl sites for hydroxylation is 1. The van der Waals surface area contributed by atoms with Crippen LogP contribution in [-0.2, 0) is 13.1 Å². The quantitative estimate of drug-likeness (QED) is 0.461. The van der Waals surface area contributed by atoms with Crippen molar-refractivity contribution in [1.29, 1.82) is 0 Å². The van der Waals surface area contributed by atoms with Crippen molar-refractivity contribution in [2.45, 2.75) is 54.6 Å². The molecule has 32 heavy (non-hydrogen) atoms. The summed E-state index contributed by atoms with van der Waals surface area (Å²) in [7, 11) is 1.69. The number of nitrogens with zero attached hydrogens (tertiary/aromatic N) is 5. The highest BCUT2D eigenvalue weighted by Crippen LogP contribution is 2.30. The fourth-order valence-corrected chi connectivity index (χ4v) is 4.64. The summed E-state index contributed by atoms with van der Waals surface area (Å²) in [5.41, 5.74) is 10.7. The number of halogens is 1. The first-order valence-electron chi connectivity index (χ1n) is 11.1. The molecule has 0 saturated heterocycles. The predicted molar refractivity (Wildman–Crippen MR) is 131 cm³/mol. The Bertz CT molecular complexity index is 1080. The van der Waals surface area contributed by atoms with Gasteiger partial charge in [-0.2, -0.15) is 4.98 Å². The Morgan fingerprint density at radius 1 is 1.12 bits per heavy atom. The molecule has 8 heteroatoms. The minimum atomic E-state index is 0.167. The molecule has 0 aliphatic rings. The summed E-state index contributed by atoms with van der Waals surface area (Å²) in [6.07, 6.45) is 3.96. The standard InChI is InChI=1S/C24H35ClN6O/c1-14(2)9-30(10-15(3)4)11-18-12-31(23-20(18)22(25)28-24(26)29-23)13-19-17(6)21(32-7)16(5)8-27-19/h8,12,14-15H,9-11,13H2,1-7H3,(H2,26,28,29). The highest BCUT2D eigenvalue weighted by atomic mass is 35.5. The highest BCUT2D eigenvalue weighted by molar-refractivity contribution is 6.34. The van der Waals surface area contributed by atoms with Gasteiger partial charge in [0.25, 0.3) is 0 Å². The van der Waals surface area contributed by atoms with Crippen LogP contribution in [-0.4, -0.2) is 44.6 Å². The van der Waals surface area contributed by atoms with Crippen LogP contribution in [0.25, 0.3) is 11.0 Å². The molecule has 174 valence electrons. The van der Waals surface area contributed by atoms with Crippen LogP contribution in [0.1, 0.15) is 50.1 Å². The average Bonchev–Trinajstić information content (AvgIpc) is 3.00. The van der Waals surface area contributed by atoms with E-state index in [-0.39, 0.29) is 5.95 Å². The molecule has 3 aromatic rings. The monoisotopic (exact) mass is 458 g/mol. The molecule has 3 heterocycles. The van der Waals surface area contributed by atoms with E-state index in [1.54, 1.807) is 7.11 Å². The highest BCUT2D eigenvalue weighted by Gasteiger charge is 2.20. The third-order valence-electron chi connectivity index (χ3n) is 5.48. The van der Waals surface area contributed by atoms with Crippen molar-refractivity contribution in [1.82, 2.24) is 24.4 Å². The molecule has 3 aromatic heterocycles. The summed E-state index contributed by atoms with van der Waals surface area (Å²) in [5.74, 6) is 2.16. The van der Waals surface area contributed by atoms with Gasteiger partial charge in [0.1, 0.15) is 16.5 Å². The van der Waals surface area contributed by atoms with Gasteiger partial charge < -0.3 is 15.0 Å². The summed E-state index contributed by atoms with van der Waals surface area (Å²) < 4.78 is 7.66. The second kappa shape index (κ2) is 10.0. The van der Waals surface area contributed by atoms with Crippen LogP contribution in [0.3, 0.4) is 0 Å². The Labute approximate surface area is 196 Å². The zero-order chi connectivity index (χ0) is 23.6. The van der Waals surface area contributed by atoms with Crippen LogP contribution < -0.4 is 10.5 Å². The number of nitrogen functional groups attached to an aromatic ring is 1. The molecule has 0 aromatic carbocycles. The molecule has 7 nitrogen and oxygen atoms in total. The Kier molecular flexibility index (Phi) is 7.62. The number of fused-ring (bicyclic) bond motifs is 1. The SMILES string of the molecule is COc1c(C)cnc(Cn2cc(CN(CC(C)C)CC(C)C)c3c(Cl)nc(N)nc32)c1C. The van der Waals surface area contributed by atoms with Crippen LogP contribution in [0.2, 0.25) is 5.15 Å². The Morgan fingerprint density at radius 2 is 1.78 bits per heavy atom. The van der Waals surface area contributed by atoms with Gasteiger partial charge in [-0.15, -0.1) is 0 Å². The van der Waals surface area contributed by atoms with Gasteiger partial charge in [-0.25, -0.2) is 4.98 Å².